The van der Waals surface area contributed by atoms with Crippen LogP contribution in [-0.2, 0) is 4.74 Å². The van der Waals surface area contributed by atoms with Crippen molar-refractivity contribution in [3.63, 3.8) is 0 Å². The molecule has 1 atom stereocenters. The third-order valence-corrected chi connectivity index (χ3v) is 2.29. The van der Waals surface area contributed by atoms with E-state index < -0.39 is 0 Å². The van der Waals surface area contributed by atoms with E-state index in [0.717, 1.165) is 6.54 Å². The highest BCUT2D eigenvalue weighted by molar-refractivity contribution is 5.35. The van der Waals surface area contributed by atoms with Gasteiger partial charge in [0, 0.05) is 12.1 Å². The zero-order valence-electron chi connectivity index (χ0n) is 7.66. The molecule has 0 saturated carbocycles. The maximum absolute atomic E-state index is 12.9. The summed E-state index contributed by atoms with van der Waals surface area (Å²) >= 11 is 0. The van der Waals surface area contributed by atoms with Crippen molar-refractivity contribution < 1.29 is 14.2 Å². The lowest BCUT2D eigenvalue weighted by Crippen LogP contribution is -2.34. The fourth-order valence-electron chi connectivity index (χ4n) is 1.57. The van der Waals surface area contributed by atoms with Crippen LogP contribution in [0, 0.1) is 5.82 Å². The first-order valence-corrected chi connectivity index (χ1v) is 4.57. The molecule has 1 aliphatic heterocycles. The molecule has 1 unspecified atom stereocenters. The topological polar surface area (TPSA) is 41.5 Å². The molecule has 2 N–H and O–H groups in total. The van der Waals surface area contributed by atoms with Gasteiger partial charge >= 0.3 is 0 Å². The smallest absolute Gasteiger partial charge is 0.123 e. The van der Waals surface area contributed by atoms with Crippen LogP contribution in [0.25, 0.3) is 0 Å². The summed E-state index contributed by atoms with van der Waals surface area (Å²) in [6.45, 7) is 1.85. The first kappa shape index (κ1) is 9.43. The molecule has 1 saturated heterocycles. The lowest BCUT2D eigenvalue weighted by atomic mass is 10.1. The number of hydrogen-bond acceptors (Lipinski definition) is 3. The van der Waals surface area contributed by atoms with Gasteiger partial charge in [0.1, 0.15) is 11.6 Å². The minimum atomic E-state index is -0.342. The molecule has 1 aromatic carbocycles. The van der Waals surface area contributed by atoms with Gasteiger partial charge in [-0.05, 0) is 18.2 Å². The molecule has 1 heterocycles. The Labute approximate surface area is 81.5 Å². The molecule has 1 aromatic rings. The van der Waals surface area contributed by atoms with Crippen molar-refractivity contribution in [3.8, 4) is 5.75 Å². The molecule has 0 aromatic heterocycles. The summed E-state index contributed by atoms with van der Waals surface area (Å²) in [4.78, 5) is 0. The maximum Gasteiger partial charge on any atom is 0.123 e. The molecule has 0 spiro atoms. The Morgan fingerprint density at radius 1 is 1.50 bits per heavy atom. The van der Waals surface area contributed by atoms with Crippen LogP contribution < -0.4 is 5.32 Å². The Morgan fingerprint density at radius 2 is 2.36 bits per heavy atom. The third-order valence-electron chi connectivity index (χ3n) is 2.29. The lowest BCUT2D eigenvalue weighted by Gasteiger charge is -2.24. The first-order chi connectivity index (χ1) is 6.77. The average Bonchev–Trinajstić information content (AvgIpc) is 2.23. The van der Waals surface area contributed by atoms with Crippen LogP contribution in [0.5, 0.6) is 5.75 Å². The molecule has 4 heteroatoms. The summed E-state index contributed by atoms with van der Waals surface area (Å²) in [5.41, 5.74) is 0.560. The second kappa shape index (κ2) is 3.94. The summed E-state index contributed by atoms with van der Waals surface area (Å²) in [5, 5.41) is 12.7. The van der Waals surface area contributed by atoms with Crippen molar-refractivity contribution >= 4 is 0 Å². The standard InChI is InChI=1S/C10H12FNO2/c11-7-1-2-10(13)8(5-7)9-6-14-4-3-12-9/h1-2,5,9,12-13H,3-4,6H2. The summed E-state index contributed by atoms with van der Waals surface area (Å²) < 4.78 is 18.2. The van der Waals surface area contributed by atoms with E-state index in [-0.39, 0.29) is 17.6 Å². The van der Waals surface area contributed by atoms with Crippen molar-refractivity contribution in [2.45, 2.75) is 6.04 Å². The largest absolute Gasteiger partial charge is 0.508 e. The number of benzene rings is 1. The highest BCUT2D eigenvalue weighted by Gasteiger charge is 2.18. The van der Waals surface area contributed by atoms with Gasteiger partial charge in [0.05, 0.1) is 19.3 Å². The van der Waals surface area contributed by atoms with E-state index >= 15 is 0 Å². The molecule has 0 bridgehead atoms. The van der Waals surface area contributed by atoms with E-state index in [9.17, 15) is 9.50 Å². The zero-order valence-corrected chi connectivity index (χ0v) is 7.66. The van der Waals surface area contributed by atoms with E-state index in [1.54, 1.807) is 0 Å². The average molecular weight is 197 g/mol. The number of phenols is 1. The molecule has 1 aliphatic rings. The van der Waals surface area contributed by atoms with Gasteiger partial charge in [0.25, 0.3) is 0 Å². The molecule has 76 valence electrons. The number of nitrogens with one attached hydrogen (secondary N) is 1. The van der Waals surface area contributed by atoms with Crippen LogP contribution in [0.1, 0.15) is 11.6 Å². The fraction of sp³-hybridized carbons (Fsp3) is 0.400. The van der Waals surface area contributed by atoms with E-state index in [0.29, 0.717) is 18.8 Å². The van der Waals surface area contributed by atoms with Gasteiger partial charge in [-0.1, -0.05) is 0 Å². The molecule has 1 fully saturated rings. The van der Waals surface area contributed by atoms with E-state index in [1.807, 2.05) is 0 Å². The van der Waals surface area contributed by atoms with Gasteiger partial charge in [0.2, 0.25) is 0 Å². The van der Waals surface area contributed by atoms with Crippen molar-refractivity contribution in [3.05, 3.63) is 29.6 Å². The summed E-state index contributed by atoms with van der Waals surface area (Å²) in [6, 6.07) is 3.82. The fourth-order valence-corrected chi connectivity index (χ4v) is 1.57. The minimum absolute atomic E-state index is 0.106. The van der Waals surface area contributed by atoms with Gasteiger partial charge in [-0.3, -0.25) is 0 Å². The van der Waals surface area contributed by atoms with Crippen molar-refractivity contribution in [2.75, 3.05) is 19.8 Å². The monoisotopic (exact) mass is 197 g/mol. The van der Waals surface area contributed by atoms with E-state index in [4.69, 9.17) is 4.74 Å². The molecule has 14 heavy (non-hydrogen) atoms. The number of rotatable bonds is 1. The predicted octanol–water partition coefficient (Wildman–Crippen LogP) is 1.19. The Kier molecular flexibility index (Phi) is 2.65. The number of aromatic hydroxyl groups is 1. The van der Waals surface area contributed by atoms with E-state index in [1.165, 1.54) is 18.2 Å². The highest BCUT2D eigenvalue weighted by atomic mass is 19.1. The van der Waals surface area contributed by atoms with Gasteiger partial charge in [-0.15, -0.1) is 0 Å². The summed E-state index contributed by atoms with van der Waals surface area (Å²) in [5.74, 6) is -0.237. The van der Waals surface area contributed by atoms with Crippen LogP contribution in [-0.4, -0.2) is 24.9 Å². The number of phenolic OH excluding ortho intramolecular Hbond substituents is 1. The Bertz CT molecular complexity index is 324. The predicted molar refractivity (Wildman–Crippen MR) is 49.6 cm³/mol. The number of ether oxygens (including phenoxy) is 1. The molecule has 3 nitrogen and oxygen atoms in total. The van der Waals surface area contributed by atoms with Crippen LogP contribution in [0.3, 0.4) is 0 Å². The molecule has 2 rings (SSSR count). The molecular formula is C10H12FNO2. The zero-order chi connectivity index (χ0) is 9.97. The Morgan fingerprint density at radius 3 is 3.07 bits per heavy atom. The number of hydrogen-bond donors (Lipinski definition) is 2. The van der Waals surface area contributed by atoms with Crippen LogP contribution in [0.15, 0.2) is 18.2 Å². The molecular weight excluding hydrogens is 185 g/mol. The van der Waals surface area contributed by atoms with Gasteiger partial charge < -0.3 is 15.2 Å². The lowest BCUT2D eigenvalue weighted by molar-refractivity contribution is 0.0760. The third kappa shape index (κ3) is 1.86. The van der Waals surface area contributed by atoms with E-state index in [2.05, 4.69) is 5.32 Å². The number of morpholine rings is 1. The minimum Gasteiger partial charge on any atom is -0.508 e. The molecule has 0 aliphatic carbocycles. The van der Waals surface area contributed by atoms with Crippen LogP contribution in [0.2, 0.25) is 0 Å². The van der Waals surface area contributed by atoms with Crippen molar-refractivity contribution in [1.82, 2.24) is 5.32 Å². The molecule has 0 radical (unpaired) electrons. The highest BCUT2D eigenvalue weighted by Crippen LogP contribution is 2.26. The van der Waals surface area contributed by atoms with Gasteiger partial charge in [0.15, 0.2) is 0 Å². The summed E-state index contributed by atoms with van der Waals surface area (Å²) in [7, 11) is 0. The van der Waals surface area contributed by atoms with Crippen molar-refractivity contribution in [2.24, 2.45) is 0 Å². The van der Waals surface area contributed by atoms with Crippen LogP contribution in [0.4, 0.5) is 4.39 Å². The van der Waals surface area contributed by atoms with Gasteiger partial charge in [-0.2, -0.15) is 0 Å². The Hall–Kier alpha value is -1.13. The SMILES string of the molecule is Oc1ccc(F)cc1C1COCCN1. The first-order valence-electron chi connectivity index (χ1n) is 4.57. The second-order valence-electron chi connectivity index (χ2n) is 3.28. The normalized spacial score (nSPS) is 22.2. The Balaban J connectivity index is 2.24. The summed E-state index contributed by atoms with van der Waals surface area (Å²) in [6.07, 6.45) is 0. The maximum atomic E-state index is 12.9. The second-order valence-corrected chi connectivity index (χ2v) is 3.28. The van der Waals surface area contributed by atoms with Gasteiger partial charge in [-0.25, -0.2) is 4.39 Å². The van der Waals surface area contributed by atoms with Crippen LogP contribution >= 0.6 is 0 Å². The molecule has 0 amide bonds. The quantitative estimate of drug-likeness (QED) is 0.710. The number of halogens is 1. The van der Waals surface area contributed by atoms with Crippen molar-refractivity contribution in [1.29, 1.82) is 0 Å².